The van der Waals surface area contributed by atoms with Crippen LogP contribution in [-0.4, -0.2) is 39.3 Å². The molecule has 21 heavy (non-hydrogen) atoms. The number of fused-ring (bicyclic) bond motifs is 1. The van der Waals surface area contributed by atoms with Crippen molar-refractivity contribution in [2.24, 2.45) is 5.92 Å². The van der Waals surface area contributed by atoms with Crippen molar-refractivity contribution < 1.29 is 9.59 Å². The van der Waals surface area contributed by atoms with Gasteiger partial charge in [0, 0.05) is 31.4 Å². The first-order valence-corrected chi connectivity index (χ1v) is 7.55. The predicted molar refractivity (Wildman–Crippen MR) is 76.3 cm³/mol. The van der Waals surface area contributed by atoms with Crippen molar-refractivity contribution in [3.63, 3.8) is 0 Å². The molecule has 0 aromatic carbocycles. The van der Waals surface area contributed by atoms with Gasteiger partial charge in [-0.3, -0.25) is 14.6 Å². The van der Waals surface area contributed by atoms with Crippen LogP contribution in [0.5, 0.6) is 0 Å². The van der Waals surface area contributed by atoms with Crippen LogP contribution in [0.3, 0.4) is 0 Å². The Labute approximate surface area is 127 Å². The molecule has 0 bridgehead atoms. The van der Waals surface area contributed by atoms with E-state index in [-0.39, 0.29) is 24.3 Å². The van der Waals surface area contributed by atoms with Crippen LogP contribution in [0.4, 0.5) is 0 Å². The van der Waals surface area contributed by atoms with Gasteiger partial charge in [-0.1, -0.05) is 11.6 Å². The third-order valence-corrected chi connectivity index (χ3v) is 4.56. The molecule has 0 saturated carbocycles. The summed E-state index contributed by atoms with van der Waals surface area (Å²) in [5.41, 5.74) is 0.554. The third-order valence-electron chi connectivity index (χ3n) is 4.24. The van der Waals surface area contributed by atoms with Crippen molar-refractivity contribution >= 4 is 23.4 Å². The van der Waals surface area contributed by atoms with Gasteiger partial charge >= 0.3 is 0 Å². The third kappa shape index (κ3) is 3.00. The number of carbonyl (C=O) groups excluding carboxylic acids is 2. The van der Waals surface area contributed by atoms with Gasteiger partial charge in [-0.2, -0.15) is 0 Å². The van der Waals surface area contributed by atoms with Crippen molar-refractivity contribution in [3.05, 3.63) is 23.2 Å². The Morgan fingerprint density at radius 2 is 2.14 bits per heavy atom. The Morgan fingerprint density at radius 3 is 2.95 bits per heavy atom. The first-order chi connectivity index (χ1) is 10.1. The first-order valence-electron chi connectivity index (χ1n) is 7.17. The van der Waals surface area contributed by atoms with E-state index in [0.717, 1.165) is 19.3 Å². The molecule has 2 aliphatic heterocycles. The van der Waals surface area contributed by atoms with Gasteiger partial charge in [0.25, 0.3) is 0 Å². The molecular weight excluding hydrogens is 292 g/mol. The minimum Gasteiger partial charge on any atom is -0.350 e. The van der Waals surface area contributed by atoms with Gasteiger partial charge in [0.05, 0.1) is 18.2 Å². The van der Waals surface area contributed by atoms with E-state index in [4.69, 9.17) is 11.6 Å². The first kappa shape index (κ1) is 14.3. The van der Waals surface area contributed by atoms with Crippen LogP contribution in [0.1, 0.15) is 31.4 Å². The molecule has 2 fully saturated rings. The number of nitrogens with one attached hydrogen (secondary N) is 1. The molecule has 0 radical (unpaired) electrons. The van der Waals surface area contributed by atoms with E-state index in [1.807, 2.05) is 4.90 Å². The van der Waals surface area contributed by atoms with E-state index < -0.39 is 0 Å². The number of rotatable bonds is 3. The average Bonchev–Trinajstić information content (AvgIpc) is 2.87. The van der Waals surface area contributed by atoms with E-state index in [2.05, 4.69) is 15.3 Å². The topological polar surface area (TPSA) is 75.2 Å². The van der Waals surface area contributed by atoms with Gasteiger partial charge < -0.3 is 10.2 Å². The summed E-state index contributed by atoms with van der Waals surface area (Å²) in [4.78, 5) is 33.9. The van der Waals surface area contributed by atoms with Crippen molar-refractivity contribution in [3.8, 4) is 0 Å². The molecule has 1 aromatic rings. The molecule has 7 heteroatoms. The molecule has 3 heterocycles. The lowest BCUT2D eigenvalue weighted by atomic mass is 9.92. The van der Waals surface area contributed by atoms with Crippen LogP contribution < -0.4 is 5.32 Å². The van der Waals surface area contributed by atoms with E-state index in [1.165, 1.54) is 6.20 Å². The number of carbonyl (C=O) groups is 2. The Bertz CT molecular complexity index is 566. The number of amides is 2. The monoisotopic (exact) mass is 308 g/mol. The predicted octanol–water partition coefficient (Wildman–Crippen LogP) is 1.15. The standard InChI is InChI=1S/C14H17ClN4O2/c15-13-11(16-5-6-17-13)7-18-14(21)9-1-2-10-3-4-12(20)19(10)8-9/h5-6,9-10H,1-4,7-8H2,(H,18,21)/t9-,10-/m0/s1. The highest BCUT2D eigenvalue weighted by molar-refractivity contribution is 6.29. The van der Waals surface area contributed by atoms with E-state index >= 15 is 0 Å². The summed E-state index contributed by atoms with van der Waals surface area (Å²) in [6.45, 7) is 0.795. The maximum absolute atomic E-state index is 12.2. The zero-order chi connectivity index (χ0) is 14.8. The zero-order valence-electron chi connectivity index (χ0n) is 11.6. The molecule has 3 rings (SSSR count). The number of halogens is 1. The van der Waals surface area contributed by atoms with E-state index in [1.54, 1.807) is 6.20 Å². The fourth-order valence-electron chi connectivity index (χ4n) is 3.06. The van der Waals surface area contributed by atoms with Gasteiger partial charge in [0.15, 0.2) is 5.15 Å². The largest absolute Gasteiger partial charge is 0.350 e. The molecular formula is C14H17ClN4O2. The number of nitrogens with zero attached hydrogens (tertiary/aromatic N) is 3. The Kier molecular flexibility index (Phi) is 4.05. The summed E-state index contributed by atoms with van der Waals surface area (Å²) < 4.78 is 0. The Morgan fingerprint density at radius 1 is 1.33 bits per heavy atom. The lowest BCUT2D eigenvalue weighted by Crippen LogP contribution is -2.46. The lowest BCUT2D eigenvalue weighted by Gasteiger charge is -2.34. The van der Waals surface area contributed by atoms with Crippen LogP contribution in [0, 0.1) is 5.92 Å². The molecule has 2 saturated heterocycles. The summed E-state index contributed by atoms with van der Waals surface area (Å²) in [5.74, 6) is -0.0110. The molecule has 0 unspecified atom stereocenters. The minimum absolute atomic E-state index is 0.0464. The molecule has 0 aliphatic carbocycles. The molecule has 1 aromatic heterocycles. The summed E-state index contributed by atoms with van der Waals surface area (Å²) in [6.07, 6.45) is 6.34. The highest BCUT2D eigenvalue weighted by Gasteiger charge is 2.38. The highest BCUT2D eigenvalue weighted by atomic mass is 35.5. The van der Waals surface area contributed by atoms with Gasteiger partial charge in [0.2, 0.25) is 11.8 Å². The second kappa shape index (κ2) is 5.97. The number of piperidine rings is 1. The normalized spacial score (nSPS) is 24.8. The Balaban J connectivity index is 1.56. The minimum atomic E-state index is -0.140. The van der Waals surface area contributed by atoms with Crippen molar-refractivity contribution in [1.82, 2.24) is 20.2 Å². The van der Waals surface area contributed by atoms with Gasteiger partial charge in [-0.15, -0.1) is 0 Å². The van der Waals surface area contributed by atoms with Crippen LogP contribution >= 0.6 is 11.6 Å². The van der Waals surface area contributed by atoms with E-state index in [0.29, 0.717) is 29.9 Å². The number of hydrogen-bond donors (Lipinski definition) is 1. The van der Waals surface area contributed by atoms with Crippen molar-refractivity contribution in [2.75, 3.05) is 6.54 Å². The molecule has 2 atom stereocenters. The van der Waals surface area contributed by atoms with Crippen molar-refractivity contribution in [1.29, 1.82) is 0 Å². The number of hydrogen-bond acceptors (Lipinski definition) is 4. The SMILES string of the molecule is O=C(NCc1nccnc1Cl)[C@H]1CC[C@H]2CCC(=O)N2C1. The van der Waals surface area contributed by atoms with Crippen molar-refractivity contribution in [2.45, 2.75) is 38.3 Å². The van der Waals surface area contributed by atoms with Crippen LogP contribution in [0.2, 0.25) is 5.15 Å². The molecule has 2 amide bonds. The highest BCUT2D eigenvalue weighted by Crippen LogP contribution is 2.30. The molecule has 112 valence electrons. The fraction of sp³-hybridized carbons (Fsp3) is 0.571. The maximum Gasteiger partial charge on any atom is 0.225 e. The van der Waals surface area contributed by atoms with Crippen LogP contribution in [-0.2, 0) is 16.1 Å². The fourth-order valence-corrected chi connectivity index (χ4v) is 3.24. The van der Waals surface area contributed by atoms with Gasteiger partial charge in [0.1, 0.15) is 0 Å². The quantitative estimate of drug-likeness (QED) is 0.909. The summed E-state index contributed by atoms with van der Waals surface area (Å²) in [6, 6.07) is 0.344. The maximum atomic E-state index is 12.2. The zero-order valence-corrected chi connectivity index (χ0v) is 12.3. The summed E-state index contributed by atoms with van der Waals surface area (Å²) in [5, 5.41) is 3.14. The number of aromatic nitrogens is 2. The second-order valence-corrected chi connectivity index (χ2v) is 5.88. The Hall–Kier alpha value is -1.69. The lowest BCUT2D eigenvalue weighted by molar-refractivity contribution is -0.134. The van der Waals surface area contributed by atoms with Gasteiger partial charge in [-0.25, -0.2) is 4.98 Å². The summed E-state index contributed by atoms with van der Waals surface area (Å²) in [7, 11) is 0. The van der Waals surface area contributed by atoms with E-state index in [9.17, 15) is 9.59 Å². The summed E-state index contributed by atoms with van der Waals surface area (Å²) >= 11 is 5.91. The average molecular weight is 309 g/mol. The van der Waals surface area contributed by atoms with Gasteiger partial charge in [-0.05, 0) is 19.3 Å². The smallest absolute Gasteiger partial charge is 0.225 e. The van der Waals surface area contributed by atoms with Crippen LogP contribution in [0.15, 0.2) is 12.4 Å². The molecule has 6 nitrogen and oxygen atoms in total. The second-order valence-electron chi connectivity index (χ2n) is 5.52. The molecule has 1 N–H and O–H groups in total. The molecule has 2 aliphatic rings. The van der Waals surface area contributed by atoms with Crippen LogP contribution in [0.25, 0.3) is 0 Å². The molecule has 0 spiro atoms.